The van der Waals surface area contributed by atoms with Crippen LogP contribution in [0.3, 0.4) is 0 Å². The Balaban J connectivity index is 2.77. The van der Waals surface area contributed by atoms with Crippen LogP contribution in [0.5, 0.6) is 0 Å². The van der Waals surface area contributed by atoms with E-state index in [1.54, 1.807) is 13.0 Å². The average molecular weight is 255 g/mol. The van der Waals surface area contributed by atoms with Gasteiger partial charge in [-0.3, -0.25) is 4.79 Å². The molecule has 94 valence electrons. The van der Waals surface area contributed by atoms with E-state index in [1.807, 2.05) is 32.0 Å². The van der Waals surface area contributed by atoms with Crippen LogP contribution in [0.4, 0.5) is 0 Å². The van der Waals surface area contributed by atoms with Crippen LogP contribution >= 0.6 is 11.6 Å². The molecular formula is C13H19ClN2O. The molecule has 0 saturated heterocycles. The third-order valence-electron chi connectivity index (χ3n) is 2.97. The molecule has 3 nitrogen and oxygen atoms in total. The van der Waals surface area contributed by atoms with Gasteiger partial charge in [0.15, 0.2) is 0 Å². The van der Waals surface area contributed by atoms with Gasteiger partial charge in [0, 0.05) is 5.02 Å². The predicted molar refractivity (Wildman–Crippen MR) is 70.9 cm³/mol. The van der Waals surface area contributed by atoms with Crippen molar-refractivity contribution in [2.75, 3.05) is 0 Å². The summed E-state index contributed by atoms with van der Waals surface area (Å²) in [5.41, 5.74) is 5.94. The number of carbonyl (C=O) groups is 1. The average Bonchev–Trinajstić information content (AvgIpc) is 2.29. The van der Waals surface area contributed by atoms with Gasteiger partial charge in [0.2, 0.25) is 5.91 Å². The minimum Gasteiger partial charge on any atom is -0.348 e. The maximum absolute atomic E-state index is 11.9. The fraction of sp³-hybridized carbons (Fsp3) is 0.462. The highest BCUT2D eigenvalue weighted by Gasteiger charge is 2.27. The number of carbonyl (C=O) groups excluding carboxylic acids is 1. The number of nitrogens with one attached hydrogen (secondary N) is 1. The van der Waals surface area contributed by atoms with E-state index in [-0.39, 0.29) is 11.9 Å². The smallest absolute Gasteiger partial charge is 0.240 e. The lowest BCUT2D eigenvalue weighted by atomic mass is 9.98. The van der Waals surface area contributed by atoms with Crippen molar-refractivity contribution in [3.05, 3.63) is 34.9 Å². The van der Waals surface area contributed by atoms with Crippen LogP contribution in [0, 0.1) is 0 Å². The highest BCUT2D eigenvalue weighted by molar-refractivity contribution is 6.31. The molecule has 3 N–H and O–H groups in total. The number of benzene rings is 1. The van der Waals surface area contributed by atoms with Gasteiger partial charge in [-0.2, -0.15) is 0 Å². The molecule has 2 atom stereocenters. The molecule has 1 aromatic rings. The Morgan fingerprint density at radius 2 is 2.12 bits per heavy atom. The Bertz CT molecular complexity index is 404. The van der Waals surface area contributed by atoms with Gasteiger partial charge in [-0.25, -0.2) is 0 Å². The Hall–Kier alpha value is -1.06. The first-order valence-electron chi connectivity index (χ1n) is 5.72. The van der Waals surface area contributed by atoms with Crippen LogP contribution in [0.2, 0.25) is 5.02 Å². The molecule has 0 heterocycles. The van der Waals surface area contributed by atoms with Crippen molar-refractivity contribution in [3.63, 3.8) is 0 Å². The number of halogens is 1. The number of nitrogens with two attached hydrogens (primary N) is 1. The van der Waals surface area contributed by atoms with Crippen molar-refractivity contribution in [3.8, 4) is 0 Å². The van der Waals surface area contributed by atoms with Gasteiger partial charge in [-0.15, -0.1) is 0 Å². The molecule has 0 radical (unpaired) electrons. The fourth-order valence-corrected chi connectivity index (χ4v) is 1.73. The molecule has 0 spiro atoms. The van der Waals surface area contributed by atoms with E-state index >= 15 is 0 Å². The summed E-state index contributed by atoms with van der Waals surface area (Å²) in [6.45, 7) is 5.51. The second-order valence-corrected chi connectivity index (χ2v) is 4.89. The minimum atomic E-state index is -0.838. The van der Waals surface area contributed by atoms with E-state index in [2.05, 4.69) is 5.32 Å². The van der Waals surface area contributed by atoms with Crippen molar-refractivity contribution in [2.45, 2.75) is 38.8 Å². The van der Waals surface area contributed by atoms with Crippen LogP contribution in [-0.4, -0.2) is 11.4 Å². The summed E-state index contributed by atoms with van der Waals surface area (Å²) in [6, 6.07) is 7.31. The molecule has 0 saturated carbocycles. The van der Waals surface area contributed by atoms with Crippen molar-refractivity contribution in [1.29, 1.82) is 0 Å². The lowest BCUT2D eigenvalue weighted by Crippen LogP contribution is -2.51. The van der Waals surface area contributed by atoms with Gasteiger partial charge in [-0.1, -0.05) is 36.7 Å². The molecule has 0 fully saturated rings. The van der Waals surface area contributed by atoms with Gasteiger partial charge in [0.05, 0.1) is 11.6 Å². The van der Waals surface area contributed by atoms with Gasteiger partial charge >= 0.3 is 0 Å². The zero-order valence-corrected chi connectivity index (χ0v) is 11.2. The van der Waals surface area contributed by atoms with Crippen LogP contribution in [0.25, 0.3) is 0 Å². The molecule has 0 aliphatic carbocycles. The summed E-state index contributed by atoms with van der Waals surface area (Å²) in [4.78, 5) is 11.9. The van der Waals surface area contributed by atoms with E-state index in [1.165, 1.54) is 0 Å². The van der Waals surface area contributed by atoms with Gasteiger partial charge in [0.1, 0.15) is 0 Å². The van der Waals surface area contributed by atoms with Crippen LogP contribution < -0.4 is 11.1 Å². The highest BCUT2D eigenvalue weighted by atomic mass is 35.5. The molecule has 0 aliphatic heterocycles. The van der Waals surface area contributed by atoms with Gasteiger partial charge < -0.3 is 11.1 Å². The molecule has 1 rings (SSSR count). The maximum Gasteiger partial charge on any atom is 0.240 e. The van der Waals surface area contributed by atoms with E-state index in [4.69, 9.17) is 17.3 Å². The Morgan fingerprint density at radius 3 is 2.65 bits per heavy atom. The molecule has 0 bridgehead atoms. The highest BCUT2D eigenvalue weighted by Crippen LogP contribution is 2.22. The second-order valence-electron chi connectivity index (χ2n) is 4.49. The summed E-state index contributed by atoms with van der Waals surface area (Å²) in [5.74, 6) is -0.160. The number of hydrogen-bond acceptors (Lipinski definition) is 2. The maximum atomic E-state index is 11.9. The lowest BCUT2D eigenvalue weighted by molar-refractivity contribution is -0.126. The normalized spacial score (nSPS) is 16.1. The standard InChI is InChI=1S/C13H19ClN2O/c1-4-13(3,15)12(17)16-9(2)10-7-5-6-8-11(10)14/h5-9H,4,15H2,1-3H3,(H,16,17)/t9-,13?/m1/s1. The minimum absolute atomic E-state index is 0.148. The Morgan fingerprint density at radius 1 is 1.53 bits per heavy atom. The summed E-state index contributed by atoms with van der Waals surface area (Å²) >= 11 is 6.07. The summed E-state index contributed by atoms with van der Waals surface area (Å²) in [5, 5.41) is 3.53. The van der Waals surface area contributed by atoms with E-state index in [0.717, 1.165) is 5.56 Å². The van der Waals surface area contributed by atoms with Crippen molar-refractivity contribution < 1.29 is 4.79 Å². The zero-order valence-electron chi connectivity index (χ0n) is 10.5. The topological polar surface area (TPSA) is 55.1 Å². The monoisotopic (exact) mass is 254 g/mol. The van der Waals surface area contributed by atoms with E-state index in [9.17, 15) is 4.79 Å². The third-order valence-corrected chi connectivity index (χ3v) is 3.32. The van der Waals surface area contributed by atoms with Crippen LogP contribution in [-0.2, 0) is 4.79 Å². The summed E-state index contributed by atoms with van der Waals surface area (Å²) in [7, 11) is 0. The van der Waals surface area contributed by atoms with Crippen LogP contribution in [0.1, 0.15) is 38.8 Å². The summed E-state index contributed by atoms with van der Waals surface area (Å²) < 4.78 is 0. The molecule has 1 unspecified atom stereocenters. The first-order chi connectivity index (χ1) is 7.88. The van der Waals surface area contributed by atoms with Crippen molar-refractivity contribution in [2.24, 2.45) is 5.73 Å². The Kier molecular flexibility index (Phi) is 4.54. The third kappa shape index (κ3) is 3.45. The molecule has 0 aliphatic rings. The largest absolute Gasteiger partial charge is 0.348 e. The van der Waals surface area contributed by atoms with Crippen molar-refractivity contribution in [1.82, 2.24) is 5.32 Å². The number of rotatable bonds is 4. The fourth-order valence-electron chi connectivity index (χ4n) is 1.43. The predicted octanol–water partition coefficient (Wildman–Crippen LogP) is 2.64. The number of amides is 1. The first-order valence-corrected chi connectivity index (χ1v) is 6.10. The lowest BCUT2D eigenvalue weighted by Gasteiger charge is -2.25. The second kappa shape index (κ2) is 5.52. The molecule has 4 heteroatoms. The first kappa shape index (κ1) is 14.0. The van der Waals surface area contributed by atoms with Crippen LogP contribution in [0.15, 0.2) is 24.3 Å². The Labute approximate surface area is 107 Å². The molecular weight excluding hydrogens is 236 g/mol. The molecule has 17 heavy (non-hydrogen) atoms. The number of hydrogen-bond donors (Lipinski definition) is 2. The molecule has 0 aromatic heterocycles. The van der Waals surface area contributed by atoms with Crippen molar-refractivity contribution >= 4 is 17.5 Å². The SMILES string of the molecule is CCC(C)(N)C(=O)N[C@H](C)c1ccccc1Cl. The van der Waals surface area contributed by atoms with E-state index in [0.29, 0.717) is 11.4 Å². The zero-order chi connectivity index (χ0) is 13.1. The molecule has 1 amide bonds. The quantitative estimate of drug-likeness (QED) is 0.868. The van der Waals surface area contributed by atoms with Gasteiger partial charge in [-0.05, 0) is 31.9 Å². The van der Waals surface area contributed by atoms with E-state index < -0.39 is 5.54 Å². The van der Waals surface area contributed by atoms with Gasteiger partial charge in [0.25, 0.3) is 0 Å². The molecule has 1 aromatic carbocycles. The summed E-state index contributed by atoms with van der Waals surface area (Å²) in [6.07, 6.45) is 0.591.